The van der Waals surface area contributed by atoms with E-state index in [1.165, 1.54) is 0 Å². The van der Waals surface area contributed by atoms with Crippen molar-refractivity contribution in [1.82, 2.24) is 4.98 Å². The fourth-order valence-corrected chi connectivity index (χ4v) is 2.26. The number of carbonyl (C=O) groups is 1. The van der Waals surface area contributed by atoms with Gasteiger partial charge in [-0.1, -0.05) is 25.1 Å². The zero-order chi connectivity index (χ0) is 16.5. The number of hydrogen-bond acceptors (Lipinski definition) is 4. The van der Waals surface area contributed by atoms with Gasteiger partial charge < -0.3 is 15.4 Å². The summed E-state index contributed by atoms with van der Waals surface area (Å²) in [7, 11) is 1.68. The number of rotatable bonds is 8. The molecule has 0 aliphatic carbocycles. The van der Waals surface area contributed by atoms with E-state index in [0.29, 0.717) is 12.2 Å². The van der Waals surface area contributed by atoms with E-state index in [1.54, 1.807) is 19.5 Å². The average molecular weight is 313 g/mol. The van der Waals surface area contributed by atoms with Gasteiger partial charge in [-0.25, -0.2) is 0 Å². The molecule has 2 aromatic rings. The van der Waals surface area contributed by atoms with E-state index in [4.69, 9.17) is 4.74 Å². The summed E-state index contributed by atoms with van der Waals surface area (Å²) < 4.78 is 5.01. The van der Waals surface area contributed by atoms with E-state index in [2.05, 4.69) is 22.5 Å². The molecule has 0 aliphatic heterocycles. The molecular weight excluding hydrogens is 290 g/mol. The lowest BCUT2D eigenvalue weighted by Gasteiger charge is -2.11. The monoisotopic (exact) mass is 313 g/mol. The van der Waals surface area contributed by atoms with Gasteiger partial charge in [-0.05, 0) is 30.5 Å². The number of benzene rings is 1. The van der Waals surface area contributed by atoms with Gasteiger partial charge in [-0.3, -0.25) is 9.78 Å². The Kier molecular flexibility index (Phi) is 6.56. The van der Waals surface area contributed by atoms with Crippen LogP contribution in [0.25, 0.3) is 0 Å². The minimum atomic E-state index is -0.154. The van der Waals surface area contributed by atoms with Crippen LogP contribution < -0.4 is 10.6 Å². The van der Waals surface area contributed by atoms with Crippen molar-refractivity contribution < 1.29 is 9.53 Å². The van der Waals surface area contributed by atoms with Crippen LogP contribution in [0, 0.1) is 0 Å². The first-order chi connectivity index (χ1) is 11.2. The number of para-hydroxylation sites is 1. The van der Waals surface area contributed by atoms with Gasteiger partial charge in [0.05, 0.1) is 11.3 Å². The second-order valence-electron chi connectivity index (χ2n) is 5.20. The normalized spacial score (nSPS) is 10.3. The van der Waals surface area contributed by atoms with Crippen molar-refractivity contribution in [2.45, 2.75) is 19.8 Å². The van der Waals surface area contributed by atoms with Crippen molar-refractivity contribution in [3.8, 4) is 0 Å². The van der Waals surface area contributed by atoms with Crippen LogP contribution >= 0.6 is 0 Å². The summed E-state index contributed by atoms with van der Waals surface area (Å²) in [6.07, 6.45) is 5.06. The van der Waals surface area contributed by atoms with Gasteiger partial charge in [0.2, 0.25) is 0 Å². The summed E-state index contributed by atoms with van der Waals surface area (Å²) in [4.78, 5) is 16.5. The zero-order valence-corrected chi connectivity index (χ0v) is 13.6. The SMILES string of the molecule is CCc1ccccc1NC(=O)c1cncc(NCCCOC)c1. The molecule has 1 amide bonds. The molecule has 122 valence electrons. The standard InChI is InChI=1S/C18H23N3O2/c1-3-14-7-4-5-8-17(14)21-18(22)15-11-16(13-19-12-15)20-9-6-10-23-2/h4-5,7-8,11-13,20H,3,6,9-10H2,1-2H3,(H,21,22). The van der Waals surface area contributed by atoms with Gasteiger partial charge in [0.25, 0.3) is 5.91 Å². The number of pyridine rings is 1. The predicted molar refractivity (Wildman–Crippen MR) is 93.0 cm³/mol. The lowest BCUT2D eigenvalue weighted by molar-refractivity contribution is 0.102. The Morgan fingerprint density at radius 1 is 1.26 bits per heavy atom. The number of ether oxygens (including phenoxy) is 1. The Morgan fingerprint density at radius 3 is 2.87 bits per heavy atom. The van der Waals surface area contributed by atoms with E-state index >= 15 is 0 Å². The first-order valence-corrected chi connectivity index (χ1v) is 7.81. The minimum Gasteiger partial charge on any atom is -0.385 e. The summed E-state index contributed by atoms with van der Waals surface area (Å²) in [5, 5.41) is 6.19. The summed E-state index contributed by atoms with van der Waals surface area (Å²) >= 11 is 0. The number of nitrogens with zero attached hydrogens (tertiary/aromatic N) is 1. The van der Waals surface area contributed by atoms with Gasteiger partial charge in [-0.15, -0.1) is 0 Å². The van der Waals surface area contributed by atoms with Crippen molar-refractivity contribution in [3.63, 3.8) is 0 Å². The van der Waals surface area contributed by atoms with Gasteiger partial charge in [-0.2, -0.15) is 0 Å². The molecule has 1 aromatic heterocycles. The van der Waals surface area contributed by atoms with Gasteiger partial charge >= 0.3 is 0 Å². The Morgan fingerprint density at radius 2 is 2.09 bits per heavy atom. The number of hydrogen-bond donors (Lipinski definition) is 2. The topological polar surface area (TPSA) is 63.2 Å². The molecular formula is C18H23N3O2. The highest BCUT2D eigenvalue weighted by atomic mass is 16.5. The molecule has 0 unspecified atom stereocenters. The molecule has 0 fully saturated rings. The van der Waals surface area contributed by atoms with Crippen LogP contribution in [0.15, 0.2) is 42.7 Å². The maximum atomic E-state index is 12.4. The molecule has 0 saturated carbocycles. The molecule has 1 heterocycles. The number of nitrogens with one attached hydrogen (secondary N) is 2. The zero-order valence-electron chi connectivity index (χ0n) is 13.6. The lowest BCUT2D eigenvalue weighted by atomic mass is 10.1. The molecule has 0 radical (unpaired) electrons. The van der Waals surface area contributed by atoms with Crippen LogP contribution in [0.5, 0.6) is 0 Å². The molecule has 0 atom stereocenters. The van der Waals surface area contributed by atoms with E-state index < -0.39 is 0 Å². The van der Waals surface area contributed by atoms with Gasteiger partial charge in [0.15, 0.2) is 0 Å². The van der Waals surface area contributed by atoms with Crippen molar-refractivity contribution in [2.24, 2.45) is 0 Å². The van der Waals surface area contributed by atoms with Crippen LogP contribution in [-0.4, -0.2) is 31.2 Å². The van der Waals surface area contributed by atoms with E-state index in [0.717, 1.165) is 36.3 Å². The maximum absolute atomic E-state index is 12.4. The summed E-state index contributed by atoms with van der Waals surface area (Å²) in [6.45, 7) is 3.55. The summed E-state index contributed by atoms with van der Waals surface area (Å²) in [6, 6.07) is 9.63. The molecule has 23 heavy (non-hydrogen) atoms. The highest BCUT2D eigenvalue weighted by molar-refractivity contribution is 6.04. The number of anilines is 2. The molecule has 5 nitrogen and oxygen atoms in total. The second kappa shape index (κ2) is 8.90. The van der Waals surface area contributed by atoms with Crippen molar-refractivity contribution >= 4 is 17.3 Å². The van der Waals surface area contributed by atoms with Crippen LogP contribution in [0.2, 0.25) is 0 Å². The summed E-state index contributed by atoms with van der Waals surface area (Å²) in [5.41, 5.74) is 3.33. The van der Waals surface area contributed by atoms with Crippen LogP contribution in [0.3, 0.4) is 0 Å². The lowest BCUT2D eigenvalue weighted by Crippen LogP contribution is -2.14. The van der Waals surface area contributed by atoms with E-state index in [9.17, 15) is 4.79 Å². The maximum Gasteiger partial charge on any atom is 0.257 e. The molecule has 2 rings (SSSR count). The highest BCUT2D eigenvalue weighted by Crippen LogP contribution is 2.17. The van der Waals surface area contributed by atoms with Crippen LogP contribution in [0.1, 0.15) is 29.3 Å². The molecule has 0 bridgehead atoms. The average Bonchev–Trinajstić information content (AvgIpc) is 2.59. The highest BCUT2D eigenvalue weighted by Gasteiger charge is 2.09. The molecule has 5 heteroatoms. The number of aromatic nitrogens is 1. The molecule has 0 saturated heterocycles. The number of amides is 1. The largest absolute Gasteiger partial charge is 0.385 e. The van der Waals surface area contributed by atoms with Gasteiger partial charge in [0.1, 0.15) is 0 Å². The smallest absolute Gasteiger partial charge is 0.257 e. The molecule has 1 aromatic carbocycles. The van der Waals surface area contributed by atoms with Crippen molar-refractivity contribution in [3.05, 3.63) is 53.9 Å². The first kappa shape index (κ1) is 17.0. The van der Waals surface area contributed by atoms with E-state index in [-0.39, 0.29) is 5.91 Å². The second-order valence-corrected chi connectivity index (χ2v) is 5.20. The quantitative estimate of drug-likeness (QED) is 0.734. The van der Waals surface area contributed by atoms with Crippen molar-refractivity contribution in [1.29, 1.82) is 0 Å². The third-order valence-corrected chi connectivity index (χ3v) is 3.50. The Balaban J connectivity index is 2.02. The number of carbonyl (C=O) groups excluding carboxylic acids is 1. The fraction of sp³-hybridized carbons (Fsp3) is 0.333. The Bertz CT molecular complexity index is 644. The van der Waals surface area contributed by atoms with Gasteiger partial charge in [0, 0.05) is 38.3 Å². The van der Waals surface area contributed by atoms with Crippen LogP contribution in [-0.2, 0) is 11.2 Å². The van der Waals surface area contributed by atoms with Crippen LogP contribution in [0.4, 0.5) is 11.4 Å². The first-order valence-electron chi connectivity index (χ1n) is 7.81. The van der Waals surface area contributed by atoms with E-state index in [1.807, 2.05) is 30.3 Å². The Labute approximate surface area is 137 Å². The number of aryl methyl sites for hydroxylation is 1. The molecule has 0 spiro atoms. The molecule has 2 N–H and O–H groups in total. The molecule has 0 aliphatic rings. The third kappa shape index (κ3) is 5.07. The third-order valence-electron chi connectivity index (χ3n) is 3.50. The summed E-state index contributed by atoms with van der Waals surface area (Å²) in [5.74, 6) is -0.154. The number of methoxy groups -OCH3 is 1. The van der Waals surface area contributed by atoms with Crippen molar-refractivity contribution in [2.75, 3.05) is 30.9 Å². The minimum absolute atomic E-state index is 0.154. The fourth-order valence-electron chi connectivity index (χ4n) is 2.26. The predicted octanol–water partition coefficient (Wildman–Crippen LogP) is 3.34. The Hall–Kier alpha value is -2.40.